The van der Waals surface area contributed by atoms with Gasteiger partial charge in [0, 0.05) is 42.2 Å². The number of anilines is 3. The van der Waals surface area contributed by atoms with E-state index in [-0.39, 0.29) is 29.9 Å². The summed E-state index contributed by atoms with van der Waals surface area (Å²) < 4.78 is 0. The van der Waals surface area contributed by atoms with E-state index in [1.807, 2.05) is 31.2 Å². The van der Waals surface area contributed by atoms with Crippen molar-refractivity contribution in [3.05, 3.63) is 83.8 Å². The Morgan fingerprint density at radius 3 is 2.55 bits per heavy atom. The highest BCUT2D eigenvalue weighted by Crippen LogP contribution is 2.41. The van der Waals surface area contributed by atoms with E-state index in [4.69, 9.17) is 0 Å². The van der Waals surface area contributed by atoms with Crippen molar-refractivity contribution >= 4 is 46.6 Å². The average Bonchev–Trinajstić information content (AvgIpc) is 3.18. The second kappa shape index (κ2) is 9.57. The third-order valence-electron chi connectivity index (χ3n) is 7.48. The first-order valence-electron chi connectivity index (χ1n) is 12.9. The van der Waals surface area contributed by atoms with Crippen LogP contribution >= 0.6 is 0 Å². The zero-order chi connectivity index (χ0) is 28.1. The number of carbonyl (C=O) groups excluding carboxylic acids is 5. The number of aryl methyl sites for hydroxylation is 2. The summed E-state index contributed by atoms with van der Waals surface area (Å²) in [5, 5.41) is 5.56. The molecule has 0 spiro atoms. The van der Waals surface area contributed by atoms with Crippen molar-refractivity contribution < 1.29 is 24.0 Å². The highest BCUT2D eigenvalue weighted by molar-refractivity contribution is 6.25. The Morgan fingerprint density at radius 1 is 0.975 bits per heavy atom. The van der Waals surface area contributed by atoms with Crippen LogP contribution < -0.4 is 15.5 Å². The molecule has 0 radical (unpaired) electrons. The van der Waals surface area contributed by atoms with E-state index < -0.39 is 29.7 Å². The SMILES string of the molecule is C=CN1C(=O)CCc2cc(-c3ccnc(C)c3)c(Nc3cccc4c3C(=O)N(C3CCC(=O)NC3=O)C4=O)cc21. The predicted molar refractivity (Wildman–Crippen MR) is 147 cm³/mol. The molecule has 0 aliphatic carbocycles. The van der Waals surface area contributed by atoms with Crippen LogP contribution in [-0.2, 0) is 20.8 Å². The molecular formula is C30H25N5O5. The number of nitrogens with one attached hydrogen (secondary N) is 2. The van der Waals surface area contributed by atoms with E-state index in [1.165, 1.54) is 11.1 Å². The van der Waals surface area contributed by atoms with Crippen LogP contribution in [-0.4, -0.2) is 45.5 Å². The summed E-state index contributed by atoms with van der Waals surface area (Å²) in [7, 11) is 0. The quantitative estimate of drug-likeness (QED) is 0.478. The minimum Gasteiger partial charge on any atom is -0.354 e. The lowest BCUT2D eigenvalue weighted by Crippen LogP contribution is -2.54. The first-order chi connectivity index (χ1) is 19.3. The average molecular weight is 536 g/mol. The van der Waals surface area contributed by atoms with Crippen LogP contribution in [0.3, 0.4) is 0 Å². The van der Waals surface area contributed by atoms with Crippen LogP contribution in [0.15, 0.2) is 61.4 Å². The van der Waals surface area contributed by atoms with Crippen molar-refractivity contribution in [1.29, 1.82) is 0 Å². The first kappa shape index (κ1) is 25.2. The van der Waals surface area contributed by atoms with Gasteiger partial charge in [0.15, 0.2) is 0 Å². The molecule has 0 saturated carbocycles. The zero-order valence-corrected chi connectivity index (χ0v) is 21.7. The van der Waals surface area contributed by atoms with Crippen LogP contribution in [0.5, 0.6) is 0 Å². The molecule has 10 nitrogen and oxygen atoms in total. The van der Waals surface area contributed by atoms with E-state index >= 15 is 0 Å². The van der Waals surface area contributed by atoms with Crippen LogP contribution in [0.25, 0.3) is 11.1 Å². The summed E-state index contributed by atoms with van der Waals surface area (Å²) >= 11 is 0. The number of pyridine rings is 1. The largest absolute Gasteiger partial charge is 0.354 e. The summed E-state index contributed by atoms with van der Waals surface area (Å²) in [5.74, 6) is -2.36. The molecule has 200 valence electrons. The lowest BCUT2D eigenvalue weighted by Gasteiger charge is -2.28. The van der Waals surface area contributed by atoms with Crippen molar-refractivity contribution in [1.82, 2.24) is 15.2 Å². The summed E-state index contributed by atoms with van der Waals surface area (Å²) in [6, 6.07) is 11.5. The van der Waals surface area contributed by atoms with Crippen molar-refractivity contribution in [2.75, 3.05) is 10.2 Å². The van der Waals surface area contributed by atoms with Gasteiger partial charge < -0.3 is 5.32 Å². The molecule has 5 amide bonds. The molecule has 2 N–H and O–H groups in total. The molecule has 1 saturated heterocycles. The molecule has 6 rings (SSSR count). The summed E-state index contributed by atoms with van der Waals surface area (Å²) in [6.45, 7) is 5.70. The lowest BCUT2D eigenvalue weighted by molar-refractivity contribution is -0.136. The number of piperidine rings is 1. The highest BCUT2D eigenvalue weighted by atomic mass is 16.2. The molecule has 2 aromatic carbocycles. The number of rotatable bonds is 5. The molecular weight excluding hydrogens is 510 g/mol. The number of amides is 5. The number of aromatic nitrogens is 1. The highest BCUT2D eigenvalue weighted by Gasteiger charge is 2.45. The molecule has 3 aliphatic rings. The van der Waals surface area contributed by atoms with Gasteiger partial charge in [0.05, 0.1) is 22.5 Å². The molecule has 3 aromatic rings. The third kappa shape index (κ3) is 4.05. The van der Waals surface area contributed by atoms with Crippen LogP contribution in [0.2, 0.25) is 0 Å². The van der Waals surface area contributed by atoms with E-state index in [0.29, 0.717) is 29.9 Å². The summed E-state index contributed by atoms with van der Waals surface area (Å²) in [4.78, 5) is 70.5. The minimum atomic E-state index is -1.07. The molecule has 10 heteroatoms. The topological polar surface area (TPSA) is 129 Å². The monoisotopic (exact) mass is 535 g/mol. The van der Waals surface area contributed by atoms with E-state index in [0.717, 1.165) is 27.3 Å². The fourth-order valence-electron chi connectivity index (χ4n) is 5.57. The Bertz CT molecular complexity index is 1660. The Hall–Kier alpha value is -5.12. The third-order valence-corrected chi connectivity index (χ3v) is 7.48. The van der Waals surface area contributed by atoms with Gasteiger partial charge in [0.25, 0.3) is 11.8 Å². The fraction of sp³-hybridized carbons (Fsp3) is 0.200. The number of carbonyl (C=O) groups is 5. The number of benzene rings is 2. The van der Waals surface area contributed by atoms with Crippen LogP contribution in [0.1, 0.15) is 51.2 Å². The van der Waals surface area contributed by atoms with E-state index in [2.05, 4.69) is 22.2 Å². The molecule has 40 heavy (non-hydrogen) atoms. The normalized spacial score (nSPS) is 18.4. The van der Waals surface area contributed by atoms with Crippen molar-refractivity contribution in [3.8, 4) is 11.1 Å². The van der Waals surface area contributed by atoms with Gasteiger partial charge >= 0.3 is 0 Å². The van der Waals surface area contributed by atoms with Gasteiger partial charge in [-0.1, -0.05) is 12.6 Å². The van der Waals surface area contributed by atoms with Gasteiger partial charge in [-0.2, -0.15) is 0 Å². The van der Waals surface area contributed by atoms with Gasteiger partial charge in [-0.05, 0) is 67.3 Å². The second-order valence-corrected chi connectivity index (χ2v) is 9.96. The maximum atomic E-state index is 13.6. The van der Waals surface area contributed by atoms with Crippen molar-refractivity contribution in [3.63, 3.8) is 0 Å². The molecule has 1 aromatic heterocycles. The van der Waals surface area contributed by atoms with Gasteiger partial charge in [-0.15, -0.1) is 0 Å². The minimum absolute atomic E-state index is 0.0390. The zero-order valence-electron chi connectivity index (χ0n) is 21.7. The summed E-state index contributed by atoms with van der Waals surface area (Å²) in [6.07, 6.45) is 4.25. The Kier molecular flexibility index (Phi) is 6.02. The van der Waals surface area contributed by atoms with Gasteiger partial charge in [0.2, 0.25) is 17.7 Å². The van der Waals surface area contributed by atoms with Gasteiger partial charge in [0.1, 0.15) is 6.04 Å². The standard InChI is InChI=1S/C30H25N5O5/c1-3-34-24-15-22(20(14-18(24)7-10-26(34)37)17-11-12-31-16(2)13-17)32-21-6-4-5-19-27(21)30(40)35(29(19)39)23-8-9-25(36)33-28(23)38/h3-6,11-15,23,32H,1,7-10H2,2H3,(H,33,36,38). The van der Waals surface area contributed by atoms with Crippen LogP contribution in [0, 0.1) is 6.92 Å². The summed E-state index contributed by atoms with van der Waals surface area (Å²) in [5.41, 5.74) is 5.50. The molecule has 0 bridgehead atoms. The molecule has 4 heterocycles. The molecule has 1 atom stereocenters. The molecule has 1 unspecified atom stereocenters. The number of imide groups is 2. The predicted octanol–water partition coefficient (Wildman–Crippen LogP) is 3.62. The van der Waals surface area contributed by atoms with Gasteiger partial charge in [-0.3, -0.25) is 44.1 Å². The molecule has 1 fully saturated rings. The van der Waals surface area contributed by atoms with Crippen molar-refractivity contribution in [2.45, 2.75) is 38.6 Å². The van der Waals surface area contributed by atoms with Crippen LogP contribution in [0.4, 0.5) is 17.1 Å². The smallest absolute Gasteiger partial charge is 0.264 e. The number of hydrogen-bond acceptors (Lipinski definition) is 7. The van der Waals surface area contributed by atoms with Gasteiger partial charge in [-0.25, -0.2) is 0 Å². The fourth-order valence-corrected chi connectivity index (χ4v) is 5.57. The maximum Gasteiger partial charge on any atom is 0.264 e. The maximum absolute atomic E-state index is 13.6. The van der Waals surface area contributed by atoms with E-state index in [1.54, 1.807) is 24.4 Å². The second-order valence-electron chi connectivity index (χ2n) is 9.96. The number of fused-ring (bicyclic) bond motifs is 2. The molecule has 3 aliphatic heterocycles. The van der Waals surface area contributed by atoms with E-state index in [9.17, 15) is 24.0 Å². The Labute approximate surface area is 229 Å². The number of nitrogens with zero attached hydrogens (tertiary/aromatic N) is 3. The lowest BCUT2D eigenvalue weighted by atomic mass is 9.94. The Balaban J connectivity index is 1.45. The Morgan fingerprint density at radius 2 is 1.80 bits per heavy atom. The van der Waals surface area contributed by atoms with Crippen molar-refractivity contribution in [2.24, 2.45) is 0 Å². The number of hydrogen-bond donors (Lipinski definition) is 2. The first-order valence-corrected chi connectivity index (χ1v) is 12.9.